The lowest BCUT2D eigenvalue weighted by Gasteiger charge is -2.33. The quantitative estimate of drug-likeness (QED) is 0.809. The fourth-order valence-corrected chi connectivity index (χ4v) is 3.85. The average Bonchev–Trinajstić information content (AvgIpc) is 3.15. The van der Waals surface area contributed by atoms with Crippen molar-refractivity contribution in [1.82, 2.24) is 5.32 Å². The first-order chi connectivity index (χ1) is 13.3. The third kappa shape index (κ3) is 4.98. The van der Waals surface area contributed by atoms with E-state index in [1.807, 2.05) is 62.4 Å². The predicted molar refractivity (Wildman–Crippen MR) is 121 cm³/mol. The fraction of sp³-hybridized carbons (Fsp3) is 0.391. The molecular weight excluding hydrogens is 386 g/mol. The number of aryl methyl sites for hydroxylation is 2. The molecule has 2 aromatic carbocycles. The van der Waals surface area contributed by atoms with Crippen LogP contribution in [0.25, 0.3) is 0 Å². The second-order valence-corrected chi connectivity index (χ2v) is 7.88. The predicted octanol–water partition coefficient (Wildman–Crippen LogP) is 3.72. The Bertz CT molecular complexity index is 878. The number of nitrogens with zero attached hydrogens (tertiary/aromatic N) is 2. The highest BCUT2D eigenvalue weighted by Crippen LogP contribution is 2.34. The van der Waals surface area contributed by atoms with E-state index in [0.717, 1.165) is 29.0 Å². The van der Waals surface area contributed by atoms with Crippen molar-refractivity contribution in [2.24, 2.45) is 5.41 Å². The van der Waals surface area contributed by atoms with Crippen molar-refractivity contribution in [3.05, 3.63) is 59.7 Å². The van der Waals surface area contributed by atoms with Gasteiger partial charge in [0.25, 0.3) is 0 Å². The van der Waals surface area contributed by atoms with Crippen LogP contribution in [0.15, 0.2) is 48.5 Å². The van der Waals surface area contributed by atoms with Gasteiger partial charge in [0.15, 0.2) is 0 Å². The van der Waals surface area contributed by atoms with Crippen LogP contribution in [0.3, 0.4) is 0 Å². The van der Waals surface area contributed by atoms with E-state index < -0.39 is 5.41 Å². The maximum atomic E-state index is 13.4. The second-order valence-electron chi connectivity index (χ2n) is 7.88. The number of benzene rings is 2. The smallest absolute Gasteiger partial charge is 0.234 e. The molecule has 0 spiro atoms. The van der Waals surface area contributed by atoms with Gasteiger partial charge in [-0.2, -0.15) is 0 Å². The third-order valence-corrected chi connectivity index (χ3v) is 5.64. The first-order valence-corrected chi connectivity index (χ1v) is 9.71. The summed E-state index contributed by atoms with van der Waals surface area (Å²) in [5, 5.41) is 3.29. The van der Waals surface area contributed by atoms with Crippen LogP contribution in [0.2, 0.25) is 0 Å². The first kappa shape index (κ1) is 22.9. The van der Waals surface area contributed by atoms with Crippen molar-refractivity contribution in [1.29, 1.82) is 0 Å². The Hall–Kier alpha value is -2.37. The van der Waals surface area contributed by atoms with E-state index in [-0.39, 0.29) is 30.6 Å². The van der Waals surface area contributed by atoms with Crippen molar-refractivity contribution < 1.29 is 9.59 Å². The van der Waals surface area contributed by atoms with Gasteiger partial charge in [-0.25, -0.2) is 0 Å². The standard InChI is InChI=1S/C23H29N3O2.ClH/c1-17-7-5-9-19(13-17)25(3)21(27)15-23(11-12-24-16-23)22(28)26(4)20-10-6-8-18(2)14-20;/h5-10,13-14,24H,11-12,15-16H2,1-4H3;1H. The van der Waals surface area contributed by atoms with Gasteiger partial charge in [-0.1, -0.05) is 24.3 Å². The molecule has 3 rings (SSSR count). The molecule has 1 heterocycles. The zero-order valence-electron chi connectivity index (χ0n) is 17.6. The van der Waals surface area contributed by atoms with E-state index in [2.05, 4.69) is 5.32 Å². The molecule has 0 aromatic heterocycles. The molecule has 29 heavy (non-hydrogen) atoms. The lowest BCUT2D eigenvalue weighted by Crippen LogP contribution is -2.47. The van der Waals surface area contributed by atoms with Gasteiger partial charge in [-0.05, 0) is 62.2 Å². The first-order valence-electron chi connectivity index (χ1n) is 9.71. The molecule has 2 amide bonds. The molecule has 1 aliphatic rings. The van der Waals surface area contributed by atoms with E-state index in [1.165, 1.54) is 0 Å². The van der Waals surface area contributed by atoms with Gasteiger partial charge < -0.3 is 15.1 Å². The number of anilines is 2. The van der Waals surface area contributed by atoms with Crippen LogP contribution in [-0.2, 0) is 9.59 Å². The Balaban J connectivity index is 0.00000300. The minimum atomic E-state index is -0.715. The van der Waals surface area contributed by atoms with Gasteiger partial charge in [-0.3, -0.25) is 9.59 Å². The summed E-state index contributed by atoms with van der Waals surface area (Å²) in [6.07, 6.45) is 0.856. The molecule has 1 unspecified atom stereocenters. The van der Waals surface area contributed by atoms with Crippen LogP contribution in [-0.4, -0.2) is 39.0 Å². The van der Waals surface area contributed by atoms with Crippen LogP contribution < -0.4 is 15.1 Å². The molecular formula is C23H30ClN3O2. The van der Waals surface area contributed by atoms with Crippen LogP contribution in [0.4, 0.5) is 11.4 Å². The van der Waals surface area contributed by atoms with E-state index in [9.17, 15) is 9.59 Å². The van der Waals surface area contributed by atoms with Crippen molar-refractivity contribution in [2.45, 2.75) is 26.7 Å². The van der Waals surface area contributed by atoms with Crippen molar-refractivity contribution >= 4 is 35.6 Å². The van der Waals surface area contributed by atoms with E-state index in [1.54, 1.807) is 23.9 Å². The second kappa shape index (κ2) is 9.42. The molecule has 1 atom stereocenters. The molecule has 1 aliphatic heterocycles. The Labute approximate surface area is 179 Å². The Kier molecular flexibility index (Phi) is 7.44. The van der Waals surface area contributed by atoms with Gasteiger partial charge in [0, 0.05) is 38.4 Å². The minimum Gasteiger partial charge on any atom is -0.316 e. The number of rotatable bonds is 5. The maximum Gasteiger partial charge on any atom is 0.234 e. The summed E-state index contributed by atoms with van der Waals surface area (Å²) in [5.41, 5.74) is 3.20. The lowest BCUT2D eigenvalue weighted by molar-refractivity contribution is -0.132. The van der Waals surface area contributed by atoms with Crippen LogP contribution >= 0.6 is 12.4 Å². The number of carbonyl (C=O) groups excluding carboxylic acids is 2. The zero-order valence-corrected chi connectivity index (χ0v) is 18.4. The summed E-state index contributed by atoms with van der Waals surface area (Å²) in [4.78, 5) is 29.9. The SMILES string of the molecule is Cc1cccc(N(C)C(=O)CC2(C(=O)N(C)c3cccc(C)c3)CCNC2)c1.Cl. The topological polar surface area (TPSA) is 52.7 Å². The maximum absolute atomic E-state index is 13.4. The summed E-state index contributed by atoms with van der Waals surface area (Å²) in [6.45, 7) is 5.28. The van der Waals surface area contributed by atoms with Gasteiger partial charge in [0.05, 0.1) is 5.41 Å². The zero-order chi connectivity index (χ0) is 20.3. The molecule has 5 nitrogen and oxygen atoms in total. The molecule has 1 N–H and O–H groups in total. The van der Waals surface area contributed by atoms with Crippen LogP contribution in [0.1, 0.15) is 24.0 Å². The Morgan fingerprint density at radius 2 is 1.52 bits per heavy atom. The molecule has 0 saturated carbocycles. The number of hydrogen-bond donors (Lipinski definition) is 1. The monoisotopic (exact) mass is 415 g/mol. The molecule has 0 aliphatic carbocycles. The lowest BCUT2D eigenvalue weighted by atomic mass is 9.81. The largest absolute Gasteiger partial charge is 0.316 e. The van der Waals surface area contributed by atoms with Gasteiger partial charge in [0.1, 0.15) is 0 Å². The van der Waals surface area contributed by atoms with Gasteiger partial charge in [0.2, 0.25) is 11.8 Å². The van der Waals surface area contributed by atoms with Crippen molar-refractivity contribution in [2.75, 3.05) is 37.0 Å². The molecule has 156 valence electrons. The van der Waals surface area contributed by atoms with Crippen molar-refractivity contribution in [3.63, 3.8) is 0 Å². The number of carbonyl (C=O) groups is 2. The van der Waals surface area contributed by atoms with Gasteiger partial charge >= 0.3 is 0 Å². The summed E-state index contributed by atoms with van der Waals surface area (Å²) < 4.78 is 0. The van der Waals surface area contributed by atoms with E-state index >= 15 is 0 Å². The number of nitrogens with one attached hydrogen (secondary N) is 1. The number of halogens is 1. The fourth-order valence-electron chi connectivity index (χ4n) is 3.85. The molecule has 1 saturated heterocycles. The third-order valence-electron chi connectivity index (χ3n) is 5.64. The summed E-state index contributed by atoms with van der Waals surface area (Å²) in [5.74, 6) is -0.0469. The van der Waals surface area contributed by atoms with E-state index in [4.69, 9.17) is 0 Å². The number of amides is 2. The summed E-state index contributed by atoms with van der Waals surface area (Å²) in [6, 6.07) is 15.7. The minimum absolute atomic E-state index is 0. The van der Waals surface area contributed by atoms with Crippen LogP contribution in [0.5, 0.6) is 0 Å². The molecule has 0 bridgehead atoms. The van der Waals surface area contributed by atoms with Gasteiger partial charge in [-0.15, -0.1) is 12.4 Å². The number of hydrogen-bond acceptors (Lipinski definition) is 3. The average molecular weight is 416 g/mol. The molecule has 1 fully saturated rings. The normalized spacial score (nSPS) is 18.1. The van der Waals surface area contributed by atoms with Crippen molar-refractivity contribution in [3.8, 4) is 0 Å². The molecule has 0 radical (unpaired) electrons. The summed E-state index contributed by atoms with van der Waals surface area (Å²) in [7, 11) is 3.58. The molecule has 2 aromatic rings. The highest BCUT2D eigenvalue weighted by molar-refractivity contribution is 6.02. The Morgan fingerprint density at radius 3 is 2.00 bits per heavy atom. The summed E-state index contributed by atoms with van der Waals surface area (Å²) >= 11 is 0. The molecule has 6 heteroatoms. The van der Waals surface area contributed by atoms with Crippen LogP contribution in [0, 0.1) is 19.3 Å². The van der Waals surface area contributed by atoms with E-state index in [0.29, 0.717) is 13.0 Å². The Morgan fingerprint density at radius 1 is 0.966 bits per heavy atom. The highest BCUT2D eigenvalue weighted by Gasteiger charge is 2.45. The highest BCUT2D eigenvalue weighted by atomic mass is 35.5.